The second-order valence-corrected chi connectivity index (χ2v) is 6.26. The van der Waals surface area contributed by atoms with Crippen molar-refractivity contribution in [2.45, 2.75) is 13.8 Å². The fourth-order valence-electron chi connectivity index (χ4n) is 2.71. The molecule has 3 rings (SSSR count). The SMILES string of the molecule is Cc1cc(C)cc(OCCNC(=O)COc2ccc3ccc(=O)oc3c2)c1. The standard InChI is InChI=1S/C21H21NO5/c1-14-9-15(2)11-18(10-14)25-8-7-22-20(23)13-26-17-5-3-16-4-6-21(24)27-19(16)12-17/h3-6,9-12H,7-8,13H2,1-2H3,(H,22,23). The molecule has 0 bridgehead atoms. The summed E-state index contributed by atoms with van der Waals surface area (Å²) in [7, 11) is 0. The third kappa shape index (κ3) is 5.34. The highest BCUT2D eigenvalue weighted by molar-refractivity contribution is 5.79. The van der Waals surface area contributed by atoms with E-state index in [1.165, 1.54) is 6.07 Å². The van der Waals surface area contributed by atoms with Crippen LogP contribution >= 0.6 is 0 Å². The van der Waals surface area contributed by atoms with Crippen molar-refractivity contribution in [2.75, 3.05) is 19.8 Å². The lowest BCUT2D eigenvalue weighted by atomic mass is 10.1. The monoisotopic (exact) mass is 367 g/mol. The largest absolute Gasteiger partial charge is 0.492 e. The molecule has 3 aromatic rings. The maximum Gasteiger partial charge on any atom is 0.336 e. The van der Waals surface area contributed by atoms with Crippen LogP contribution in [-0.2, 0) is 4.79 Å². The van der Waals surface area contributed by atoms with Crippen LogP contribution in [0.1, 0.15) is 11.1 Å². The number of benzene rings is 2. The van der Waals surface area contributed by atoms with E-state index in [9.17, 15) is 9.59 Å². The topological polar surface area (TPSA) is 77.8 Å². The quantitative estimate of drug-likeness (QED) is 0.513. The number of amides is 1. The second kappa shape index (κ2) is 8.40. The van der Waals surface area contributed by atoms with Gasteiger partial charge in [0.05, 0.1) is 6.54 Å². The molecule has 0 radical (unpaired) electrons. The summed E-state index contributed by atoms with van der Waals surface area (Å²) in [5.74, 6) is 0.989. The van der Waals surface area contributed by atoms with Crippen molar-refractivity contribution in [1.82, 2.24) is 5.32 Å². The van der Waals surface area contributed by atoms with Crippen molar-refractivity contribution in [3.63, 3.8) is 0 Å². The normalized spacial score (nSPS) is 10.6. The van der Waals surface area contributed by atoms with Crippen molar-refractivity contribution < 1.29 is 18.7 Å². The first kappa shape index (κ1) is 18.5. The molecule has 0 aliphatic heterocycles. The molecule has 0 saturated carbocycles. The van der Waals surface area contributed by atoms with E-state index in [4.69, 9.17) is 13.9 Å². The molecule has 0 spiro atoms. The number of nitrogens with one attached hydrogen (secondary N) is 1. The Bertz CT molecular complexity index is 989. The van der Waals surface area contributed by atoms with E-state index in [1.54, 1.807) is 24.3 Å². The summed E-state index contributed by atoms with van der Waals surface area (Å²) in [6.45, 7) is 4.64. The summed E-state index contributed by atoms with van der Waals surface area (Å²) in [6, 6.07) is 14.1. The van der Waals surface area contributed by atoms with Gasteiger partial charge in [0.1, 0.15) is 23.7 Å². The minimum absolute atomic E-state index is 0.133. The zero-order valence-electron chi connectivity index (χ0n) is 15.3. The van der Waals surface area contributed by atoms with Gasteiger partial charge in [-0.1, -0.05) is 6.07 Å². The summed E-state index contributed by atoms with van der Waals surface area (Å²) in [5, 5.41) is 3.52. The molecule has 6 nitrogen and oxygen atoms in total. The van der Waals surface area contributed by atoms with Crippen LogP contribution < -0.4 is 20.4 Å². The maximum absolute atomic E-state index is 11.9. The minimum atomic E-state index is -0.429. The van der Waals surface area contributed by atoms with Gasteiger partial charge < -0.3 is 19.2 Å². The van der Waals surface area contributed by atoms with Gasteiger partial charge in [-0.25, -0.2) is 4.79 Å². The van der Waals surface area contributed by atoms with Crippen LogP contribution in [0.15, 0.2) is 57.7 Å². The second-order valence-electron chi connectivity index (χ2n) is 6.26. The number of fused-ring (bicyclic) bond motifs is 1. The van der Waals surface area contributed by atoms with Crippen LogP contribution in [-0.4, -0.2) is 25.7 Å². The molecule has 1 N–H and O–H groups in total. The van der Waals surface area contributed by atoms with E-state index in [1.807, 2.05) is 26.0 Å². The summed E-state index contributed by atoms with van der Waals surface area (Å²) in [5.41, 5.74) is 2.26. The molecular weight excluding hydrogens is 346 g/mol. The number of carbonyl (C=O) groups excluding carboxylic acids is 1. The molecule has 0 unspecified atom stereocenters. The van der Waals surface area contributed by atoms with E-state index < -0.39 is 5.63 Å². The number of hydrogen-bond acceptors (Lipinski definition) is 5. The number of ether oxygens (including phenoxy) is 2. The molecule has 0 fully saturated rings. The van der Waals surface area contributed by atoms with Gasteiger partial charge in [-0.15, -0.1) is 0 Å². The molecule has 2 aromatic carbocycles. The Balaban J connectivity index is 1.43. The average molecular weight is 367 g/mol. The Labute approximate surface area is 156 Å². The molecule has 1 heterocycles. The minimum Gasteiger partial charge on any atom is -0.492 e. The van der Waals surface area contributed by atoms with Gasteiger partial charge in [0, 0.05) is 17.5 Å². The van der Waals surface area contributed by atoms with Crippen LogP contribution in [0.5, 0.6) is 11.5 Å². The molecule has 140 valence electrons. The lowest BCUT2D eigenvalue weighted by molar-refractivity contribution is -0.123. The number of rotatable bonds is 7. The van der Waals surface area contributed by atoms with Crippen molar-refractivity contribution in [3.8, 4) is 11.5 Å². The maximum atomic E-state index is 11.9. The lowest BCUT2D eigenvalue weighted by Crippen LogP contribution is -2.32. The Morgan fingerprint density at radius 3 is 2.48 bits per heavy atom. The van der Waals surface area contributed by atoms with Gasteiger partial charge in [0.2, 0.25) is 0 Å². The van der Waals surface area contributed by atoms with Gasteiger partial charge >= 0.3 is 5.63 Å². The van der Waals surface area contributed by atoms with Crippen LogP contribution in [0.4, 0.5) is 0 Å². The van der Waals surface area contributed by atoms with E-state index >= 15 is 0 Å². The van der Waals surface area contributed by atoms with Crippen molar-refractivity contribution in [3.05, 3.63) is 70.1 Å². The van der Waals surface area contributed by atoms with Crippen molar-refractivity contribution >= 4 is 16.9 Å². The van der Waals surface area contributed by atoms with E-state index in [0.717, 1.165) is 22.3 Å². The smallest absolute Gasteiger partial charge is 0.336 e. The van der Waals surface area contributed by atoms with Gasteiger partial charge in [-0.2, -0.15) is 0 Å². The summed E-state index contributed by atoms with van der Waals surface area (Å²) >= 11 is 0. The molecule has 1 aromatic heterocycles. The molecule has 0 saturated heterocycles. The van der Waals surface area contributed by atoms with Crippen LogP contribution in [0, 0.1) is 13.8 Å². The van der Waals surface area contributed by atoms with Crippen LogP contribution in [0.25, 0.3) is 11.0 Å². The first-order chi connectivity index (χ1) is 13.0. The van der Waals surface area contributed by atoms with E-state index in [2.05, 4.69) is 11.4 Å². The molecule has 0 aliphatic rings. The first-order valence-electron chi connectivity index (χ1n) is 8.64. The summed E-state index contributed by atoms with van der Waals surface area (Å²) < 4.78 is 16.2. The molecule has 0 atom stereocenters. The highest BCUT2D eigenvalue weighted by Gasteiger charge is 2.05. The number of carbonyl (C=O) groups is 1. The Kier molecular flexibility index (Phi) is 5.76. The van der Waals surface area contributed by atoms with Crippen molar-refractivity contribution in [2.24, 2.45) is 0 Å². The predicted octanol–water partition coefficient (Wildman–Crippen LogP) is 2.98. The number of aryl methyl sites for hydroxylation is 2. The third-order valence-corrected chi connectivity index (χ3v) is 3.85. The van der Waals surface area contributed by atoms with E-state index in [0.29, 0.717) is 24.5 Å². The lowest BCUT2D eigenvalue weighted by Gasteiger charge is -2.10. The molecular formula is C21H21NO5. The first-order valence-corrected chi connectivity index (χ1v) is 8.64. The molecule has 6 heteroatoms. The van der Waals surface area contributed by atoms with Crippen molar-refractivity contribution in [1.29, 1.82) is 0 Å². The Morgan fingerprint density at radius 2 is 1.70 bits per heavy atom. The van der Waals surface area contributed by atoms with Crippen LogP contribution in [0.3, 0.4) is 0 Å². The number of hydrogen-bond donors (Lipinski definition) is 1. The highest BCUT2D eigenvalue weighted by atomic mass is 16.5. The van der Waals surface area contributed by atoms with Gasteiger partial charge in [-0.05, 0) is 55.3 Å². The highest BCUT2D eigenvalue weighted by Crippen LogP contribution is 2.19. The predicted molar refractivity (Wildman–Crippen MR) is 102 cm³/mol. The zero-order chi connectivity index (χ0) is 19.2. The fourth-order valence-corrected chi connectivity index (χ4v) is 2.71. The zero-order valence-corrected chi connectivity index (χ0v) is 15.3. The van der Waals surface area contributed by atoms with Crippen LogP contribution in [0.2, 0.25) is 0 Å². The van der Waals surface area contributed by atoms with Gasteiger partial charge in [0.15, 0.2) is 6.61 Å². The Hall–Kier alpha value is -3.28. The van der Waals surface area contributed by atoms with E-state index in [-0.39, 0.29) is 12.5 Å². The summed E-state index contributed by atoms with van der Waals surface area (Å²) in [6.07, 6.45) is 0. The molecule has 1 amide bonds. The average Bonchev–Trinajstić information content (AvgIpc) is 2.62. The third-order valence-electron chi connectivity index (χ3n) is 3.85. The Morgan fingerprint density at radius 1 is 0.963 bits per heavy atom. The summed E-state index contributed by atoms with van der Waals surface area (Å²) in [4.78, 5) is 23.2. The fraction of sp³-hybridized carbons (Fsp3) is 0.238. The van der Waals surface area contributed by atoms with Gasteiger partial charge in [0.25, 0.3) is 5.91 Å². The molecule has 27 heavy (non-hydrogen) atoms. The van der Waals surface area contributed by atoms with Gasteiger partial charge in [-0.3, -0.25) is 4.79 Å². The molecule has 0 aliphatic carbocycles.